The molecular weight excluding hydrogens is 270 g/mol. The Balaban J connectivity index is 1.90. The molecule has 0 fully saturated rings. The predicted octanol–water partition coefficient (Wildman–Crippen LogP) is 0.403. The van der Waals surface area contributed by atoms with Crippen molar-refractivity contribution in [3.8, 4) is 0 Å². The van der Waals surface area contributed by atoms with Crippen LogP contribution in [0.3, 0.4) is 0 Å². The third-order valence-electron chi connectivity index (χ3n) is 2.86. The van der Waals surface area contributed by atoms with Crippen molar-refractivity contribution in [3.05, 3.63) is 51.7 Å². The minimum atomic E-state index is -0.237. The van der Waals surface area contributed by atoms with Crippen LogP contribution in [0, 0.1) is 6.92 Å². The topological polar surface area (TPSA) is 101 Å². The molecule has 0 aliphatic carbocycles. The molecule has 0 aliphatic rings. The fourth-order valence-corrected chi connectivity index (χ4v) is 1.83. The molecule has 2 heterocycles. The number of aromatic nitrogens is 4. The lowest BCUT2D eigenvalue weighted by Crippen LogP contribution is -2.26. The molecular formula is C14H17N5O2. The van der Waals surface area contributed by atoms with Crippen LogP contribution in [-0.4, -0.2) is 32.4 Å². The second-order valence-electron chi connectivity index (χ2n) is 4.57. The lowest BCUT2D eigenvalue weighted by atomic mass is 10.2. The summed E-state index contributed by atoms with van der Waals surface area (Å²) in [5, 5.41) is 2.75. The van der Waals surface area contributed by atoms with Gasteiger partial charge in [-0.25, -0.2) is 15.0 Å². The number of carbonyl (C=O) groups is 1. The maximum Gasteiger partial charge on any atom is 0.254 e. The number of aryl methyl sites for hydroxylation is 2. The number of carbonyl (C=O) groups excluding carboxylic acids is 1. The Kier molecular flexibility index (Phi) is 4.76. The summed E-state index contributed by atoms with van der Waals surface area (Å²) in [6.07, 6.45) is 4.24. The van der Waals surface area contributed by atoms with Gasteiger partial charge in [0.1, 0.15) is 11.6 Å². The predicted molar refractivity (Wildman–Crippen MR) is 77.0 cm³/mol. The Morgan fingerprint density at radius 3 is 2.67 bits per heavy atom. The zero-order valence-corrected chi connectivity index (χ0v) is 12.0. The maximum atomic E-state index is 11.9. The van der Waals surface area contributed by atoms with E-state index in [2.05, 4.69) is 25.3 Å². The quantitative estimate of drug-likeness (QED) is 0.829. The molecule has 0 aromatic carbocycles. The van der Waals surface area contributed by atoms with Crippen LogP contribution >= 0.6 is 0 Å². The minimum Gasteiger partial charge on any atom is -0.352 e. The first-order chi connectivity index (χ1) is 10.1. The summed E-state index contributed by atoms with van der Waals surface area (Å²) >= 11 is 0. The monoisotopic (exact) mass is 287 g/mol. The molecule has 0 atom stereocenters. The van der Waals surface area contributed by atoms with E-state index in [1.165, 1.54) is 18.5 Å². The van der Waals surface area contributed by atoms with Crippen LogP contribution in [0.1, 0.15) is 34.6 Å². The van der Waals surface area contributed by atoms with E-state index in [1.54, 1.807) is 6.92 Å². The van der Waals surface area contributed by atoms with Gasteiger partial charge in [-0.05, 0) is 6.92 Å². The number of nitrogens with zero attached hydrogens (tertiary/aromatic N) is 3. The van der Waals surface area contributed by atoms with Gasteiger partial charge in [0.05, 0.1) is 5.56 Å². The van der Waals surface area contributed by atoms with Gasteiger partial charge in [-0.2, -0.15) is 0 Å². The van der Waals surface area contributed by atoms with E-state index < -0.39 is 0 Å². The maximum absolute atomic E-state index is 11.9. The van der Waals surface area contributed by atoms with E-state index in [0.29, 0.717) is 35.9 Å². The molecule has 0 bridgehead atoms. The molecule has 0 spiro atoms. The van der Waals surface area contributed by atoms with E-state index in [4.69, 9.17) is 0 Å². The van der Waals surface area contributed by atoms with Gasteiger partial charge in [-0.1, -0.05) is 6.92 Å². The second kappa shape index (κ2) is 6.74. The van der Waals surface area contributed by atoms with Crippen molar-refractivity contribution in [2.45, 2.75) is 26.7 Å². The van der Waals surface area contributed by atoms with Crippen LogP contribution in [0.5, 0.6) is 0 Å². The largest absolute Gasteiger partial charge is 0.352 e. The molecule has 110 valence electrons. The average molecular weight is 287 g/mol. The first kappa shape index (κ1) is 14.8. The number of hydrogen-bond acceptors (Lipinski definition) is 5. The SMILES string of the molecule is CCc1ncc(C(=O)NCCc2cc(=O)[nH]c(C)n2)cn1. The number of aromatic amines is 1. The Morgan fingerprint density at radius 1 is 1.33 bits per heavy atom. The third-order valence-corrected chi connectivity index (χ3v) is 2.86. The molecule has 0 radical (unpaired) electrons. The molecule has 7 nitrogen and oxygen atoms in total. The van der Waals surface area contributed by atoms with Crippen molar-refractivity contribution in [1.82, 2.24) is 25.3 Å². The summed E-state index contributed by atoms with van der Waals surface area (Å²) in [5.41, 5.74) is 0.878. The molecule has 0 saturated heterocycles. The van der Waals surface area contributed by atoms with Crippen LogP contribution in [0.4, 0.5) is 0 Å². The average Bonchev–Trinajstić information content (AvgIpc) is 2.46. The summed E-state index contributed by atoms with van der Waals surface area (Å²) in [5.74, 6) is 1.03. The van der Waals surface area contributed by atoms with E-state index in [0.717, 1.165) is 6.42 Å². The van der Waals surface area contributed by atoms with Gasteiger partial charge < -0.3 is 10.3 Å². The molecule has 2 aromatic heterocycles. The van der Waals surface area contributed by atoms with Crippen molar-refractivity contribution >= 4 is 5.91 Å². The molecule has 7 heteroatoms. The van der Waals surface area contributed by atoms with Crippen LogP contribution in [0.25, 0.3) is 0 Å². The molecule has 2 N–H and O–H groups in total. The lowest BCUT2D eigenvalue weighted by Gasteiger charge is -2.05. The van der Waals surface area contributed by atoms with E-state index in [1.807, 2.05) is 6.92 Å². The first-order valence-corrected chi connectivity index (χ1v) is 6.74. The number of nitrogens with one attached hydrogen (secondary N) is 2. The van der Waals surface area contributed by atoms with Gasteiger partial charge >= 0.3 is 0 Å². The highest BCUT2D eigenvalue weighted by molar-refractivity contribution is 5.93. The standard InChI is InChI=1S/C14H17N5O2/c1-3-12-16-7-10(8-17-12)14(21)15-5-4-11-6-13(20)19-9(2)18-11/h6-8H,3-5H2,1-2H3,(H,15,21)(H,18,19,20). The molecule has 0 aliphatic heterocycles. The zero-order valence-electron chi connectivity index (χ0n) is 12.0. The molecule has 2 aromatic rings. The van der Waals surface area contributed by atoms with Crippen LogP contribution < -0.4 is 10.9 Å². The number of amides is 1. The summed E-state index contributed by atoms with van der Waals surface area (Å²) < 4.78 is 0. The Bertz CT molecular complexity index is 679. The Morgan fingerprint density at radius 2 is 2.05 bits per heavy atom. The molecule has 2 rings (SSSR count). The van der Waals surface area contributed by atoms with E-state index >= 15 is 0 Å². The summed E-state index contributed by atoms with van der Waals surface area (Å²) in [6, 6.07) is 1.43. The van der Waals surface area contributed by atoms with Crippen molar-refractivity contribution in [2.75, 3.05) is 6.54 Å². The Hall–Kier alpha value is -2.57. The van der Waals surface area contributed by atoms with Gasteiger partial charge in [0, 0.05) is 43.5 Å². The zero-order chi connectivity index (χ0) is 15.2. The van der Waals surface area contributed by atoms with E-state index in [9.17, 15) is 9.59 Å². The second-order valence-corrected chi connectivity index (χ2v) is 4.57. The number of H-pyrrole nitrogens is 1. The lowest BCUT2D eigenvalue weighted by molar-refractivity contribution is 0.0953. The fraction of sp³-hybridized carbons (Fsp3) is 0.357. The van der Waals surface area contributed by atoms with Gasteiger partial charge in [0.15, 0.2) is 0 Å². The van der Waals surface area contributed by atoms with Gasteiger partial charge in [-0.15, -0.1) is 0 Å². The van der Waals surface area contributed by atoms with Crippen molar-refractivity contribution < 1.29 is 4.79 Å². The van der Waals surface area contributed by atoms with E-state index in [-0.39, 0.29) is 11.5 Å². The molecule has 0 unspecified atom stereocenters. The number of rotatable bonds is 5. The normalized spacial score (nSPS) is 10.4. The summed E-state index contributed by atoms with van der Waals surface area (Å²) in [6.45, 7) is 4.06. The van der Waals surface area contributed by atoms with Crippen molar-refractivity contribution in [3.63, 3.8) is 0 Å². The van der Waals surface area contributed by atoms with Gasteiger partial charge in [0.2, 0.25) is 0 Å². The van der Waals surface area contributed by atoms with Gasteiger partial charge in [0.25, 0.3) is 11.5 Å². The smallest absolute Gasteiger partial charge is 0.254 e. The molecule has 0 saturated carbocycles. The highest BCUT2D eigenvalue weighted by atomic mass is 16.1. The minimum absolute atomic E-state index is 0.188. The summed E-state index contributed by atoms with van der Waals surface area (Å²) in [7, 11) is 0. The molecule has 21 heavy (non-hydrogen) atoms. The Labute approximate surface area is 121 Å². The third kappa shape index (κ3) is 4.20. The van der Waals surface area contributed by atoms with Crippen LogP contribution in [0.15, 0.2) is 23.3 Å². The van der Waals surface area contributed by atoms with Crippen molar-refractivity contribution in [1.29, 1.82) is 0 Å². The van der Waals surface area contributed by atoms with Gasteiger partial charge in [-0.3, -0.25) is 9.59 Å². The first-order valence-electron chi connectivity index (χ1n) is 6.74. The highest BCUT2D eigenvalue weighted by Gasteiger charge is 2.06. The number of hydrogen-bond donors (Lipinski definition) is 2. The van der Waals surface area contributed by atoms with Crippen molar-refractivity contribution in [2.24, 2.45) is 0 Å². The molecule has 1 amide bonds. The fourth-order valence-electron chi connectivity index (χ4n) is 1.83. The summed E-state index contributed by atoms with van der Waals surface area (Å²) in [4.78, 5) is 38.1. The van der Waals surface area contributed by atoms with Crippen LogP contribution in [0.2, 0.25) is 0 Å². The highest BCUT2D eigenvalue weighted by Crippen LogP contribution is 1.97. The van der Waals surface area contributed by atoms with Crippen LogP contribution in [-0.2, 0) is 12.8 Å².